The average molecular weight is 176 g/mol. The summed E-state index contributed by atoms with van der Waals surface area (Å²) in [5.74, 6) is 0. The molecule has 2 nitrogen and oxygen atoms in total. The van der Waals surface area contributed by atoms with Gasteiger partial charge in [-0.3, -0.25) is 4.90 Å². The molecule has 1 saturated heterocycles. The van der Waals surface area contributed by atoms with E-state index in [0.29, 0.717) is 0 Å². The molecule has 69 valence electrons. The number of benzene rings is 1. The van der Waals surface area contributed by atoms with Crippen molar-refractivity contribution in [1.82, 2.24) is 4.90 Å². The van der Waals surface area contributed by atoms with Crippen LogP contribution < -0.4 is 0 Å². The van der Waals surface area contributed by atoms with Crippen LogP contribution in [0.15, 0.2) is 30.3 Å². The Kier molecular flexibility index (Phi) is 2.95. The number of ether oxygens (including phenoxy) is 1. The number of nitrogens with zero attached hydrogens (tertiary/aromatic N) is 1. The van der Waals surface area contributed by atoms with Gasteiger partial charge in [0, 0.05) is 13.1 Å². The van der Waals surface area contributed by atoms with E-state index in [1.807, 2.05) is 6.07 Å². The molecule has 1 radical (unpaired) electrons. The lowest BCUT2D eigenvalue weighted by molar-refractivity contribution is 0.0532. The van der Waals surface area contributed by atoms with Gasteiger partial charge in [0.2, 0.25) is 0 Å². The second kappa shape index (κ2) is 4.40. The van der Waals surface area contributed by atoms with Gasteiger partial charge in [0.25, 0.3) is 0 Å². The van der Waals surface area contributed by atoms with E-state index in [4.69, 9.17) is 4.74 Å². The minimum atomic E-state index is 0.851. The maximum absolute atomic E-state index is 5.28. The predicted molar refractivity (Wildman–Crippen MR) is 52.2 cm³/mol. The summed E-state index contributed by atoms with van der Waals surface area (Å²) < 4.78 is 5.28. The Morgan fingerprint density at radius 3 is 2.46 bits per heavy atom. The zero-order chi connectivity index (χ0) is 8.93. The van der Waals surface area contributed by atoms with Gasteiger partial charge in [0.05, 0.1) is 19.8 Å². The van der Waals surface area contributed by atoms with Crippen LogP contribution >= 0.6 is 0 Å². The zero-order valence-corrected chi connectivity index (χ0v) is 7.65. The lowest BCUT2D eigenvalue weighted by Gasteiger charge is -2.25. The highest BCUT2D eigenvalue weighted by molar-refractivity contribution is 5.21. The molecular weight excluding hydrogens is 162 g/mol. The molecule has 2 rings (SSSR count). The molecule has 1 aromatic carbocycles. The first kappa shape index (κ1) is 8.73. The molecule has 0 saturated carbocycles. The Labute approximate surface area is 79.1 Å². The van der Waals surface area contributed by atoms with E-state index in [-0.39, 0.29) is 0 Å². The molecule has 0 spiro atoms. The summed E-state index contributed by atoms with van der Waals surface area (Å²) in [4.78, 5) is 2.30. The van der Waals surface area contributed by atoms with Crippen molar-refractivity contribution >= 4 is 0 Å². The van der Waals surface area contributed by atoms with E-state index in [1.54, 1.807) is 0 Å². The molecule has 1 fully saturated rings. The summed E-state index contributed by atoms with van der Waals surface area (Å²) in [7, 11) is 0. The van der Waals surface area contributed by atoms with Crippen LogP contribution in [0.3, 0.4) is 0 Å². The normalized spacial score (nSPS) is 18.8. The van der Waals surface area contributed by atoms with E-state index in [0.717, 1.165) is 26.3 Å². The van der Waals surface area contributed by atoms with Crippen molar-refractivity contribution in [2.75, 3.05) is 26.3 Å². The smallest absolute Gasteiger partial charge is 0.0594 e. The summed E-state index contributed by atoms with van der Waals surface area (Å²) >= 11 is 0. The summed E-state index contributed by atoms with van der Waals surface area (Å²) in [6.45, 7) is 5.92. The van der Waals surface area contributed by atoms with Crippen molar-refractivity contribution < 1.29 is 4.74 Å². The minimum absolute atomic E-state index is 0.851. The maximum Gasteiger partial charge on any atom is 0.0594 e. The monoisotopic (exact) mass is 176 g/mol. The van der Waals surface area contributed by atoms with Crippen molar-refractivity contribution in [3.8, 4) is 0 Å². The minimum Gasteiger partial charge on any atom is -0.379 e. The van der Waals surface area contributed by atoms with E-state index in [9.17, 15) is 0 Å². The number of hydrogen-bond donors (Lipinski definition) is 0. The standard InChI is InChI=1S/C11H14NO/c1-2-4-11(5-3-1)10-12-6-8-13-9-7-12/h1-5,10H,6-9H2. The largest absolute Gasteiger partial charge is 0.379 e. The second-order valence-electron chi connectivity index (χ2n) is 3.19. The molecule has 13 heavy (non-hydrogen) atoms. The van der Waals surface area contributed by atoms with Crippen molar-refractivity contribution in [3.63, 3.8) is 0 Å². The van der Waals surface area contributed by atoms with E-state index < -0.39 is 0 Å². The second-order valence-corrected chi connectivity index (χ2v) is 3.19. The SMILES string of the molecule is [CH](c1ccccc1)N1CCOCC1. The Bertz CT molecular complexity index is 242. The molecule has 2 heteroatoms. The Hall–Kier alpha value is -0.860. The van der Waals surface area contributed by atoms with Gasteiger partial charge in [-0.1, -0.05) is 30.3 Å². The number of rotatable bonds is 2. The third kappa shape index (κ3) is 2.54. The lowest BCUT2D eigenvalue weighted by Crippen LogP contribution is -2.34. The van der Waals surface area contributed by atoms with Crippen molar-refractivity contribution in [1.29, 1.82) is 0 Å². The van der Waals surface area contributed by atoms with E-state index in [1.165, 1.54) is 5.56 Å². The lowest BCUT2D eigenvalue weighted by atomic mass is 10.2. The molecule has 0 N–H and O–H groups in total. The van der Waals surface area contributed by atoms with Gasteiger partial charge in [-0.2, -0.15) is 0 Å². The van der Waals surface area contributed by atoms with Gasteiger partial charge in [-0.15, -0.1) is 0 Å². The fourth-order valence-corrected chi connectivity index (χ4v) is 1.46. The Balaban J connectivity index is 1.90. The molecule has 0 unspecified atom stereocenters. The van der Waals surface area contributed by atoms with Crippen LogP contribution in [0.5, 0.6) is 0 Å². The molecular formula is C11H14NO. The number of hydrogen-bond acceptors (Lipinski definition) is 2. The quantitative estimate of drug-likeness (QED) is 0.677. The van der Waals surface area contributed by atoms with Crippen LogP contribution in [0.1, 0.15) is 5.56 Å². The first-order chi connectivity index (χ1) is 6.45. The molecule has 0 bridgehead atoms. The highest BCUT2D eigenvalue weighted by atomic mass is 16.5. The highest BCUT2D eigenvalue weighted by Crippen LogP contribution is 2.08. The third-order valence-corrected chi connectivity index (χ3v) is 2.18. The molecule has 0 aliphatic carbocycles. The topological polar surface area (TPSA) is 12.5 Å². The van der Waals surface area contributed by atoms with Crippen molar-refractivity contribution in [2.45, 2.75) is 0 Å². The summed E-state index contributed by atoms with van der Waals surface area (Å²) in [5, 5.41) is 0. The van der Waals surface area contributed by atoms with Crippen LogP contribution in [0.25, 0.3) is 0 Å². The molecule has 1 aliphatic heterocycles. The van der Waals surface area contributed by atoms with Crippen LogP contribution in [-0.2, 0) is 4.74 Å². The number of morpholine rings is 1. The van der Waals surface area contributed by atoms with Gasteiger partial charge >= 0.3 is 0 Å². The average Bonchev–Trinajstić information content (AvgIpc) is 2.21. The van der Waals surface area contributed by atoms with Crippen molar-refractivity contribution in [2.24, 2.45) is 0 Å². The highest BCUT2D eigenvalue weighted by Gasteiger charge is 2.10. The van der Waals surface area contributed by atoms with Crippen LogP contribution in [0, 0.1) is 6.54 Å². The molecule has 0 atom stereocenters. The van der Waals surface area contributed by atoms with Gasteiger partial charge in [0.15, 0.2) is 0 Å². The molecule has 1 aromatic rings. The van der Waals surface area contributed by atoms with Crippen LogP contribution in [0.2, 0.25) is 0 Å². The van der Waals surface area contributed by atoms with E-state index in [2.05, 4.69) is 35.7 Å². The molecule has 0 amide bonds. The third-order valence-electron chi connectivity index (χ3n) is 2.18. The summed E-state index contributed by atoms with van der Waals surface area (Å²) in [6.07, 6.45) is 0. The van der Waals surface area contributed by atoms with Gasteiger partial charge in [-0.05, 0) is 5.56 Å². The van der Waals surface area contributed by atoms with Gasteiger partial charge < -0.3 is 4.74 Å². The first-order valence-electron chi connectivity index (χ1n) is 4.67. The van der Waals surface area contributed by atoms with Crippen LogP contribution in [0.4, 0.5) is 0 Å². The molecule has 1 heterocycles. The van der Waals surface area contributed by atoms with E-state index >= 15 is 0 Å². The van der Waals surface area contributed by atoms with Gasteiger partial charge in [-0.25, -0.2) is 0 Å². The molecule has 1 aliphatic rings. The van der Waals surface area contributed by atoms with Crippen LogP contribution in [-0.4, -0.2) is 31.2 Å². The fourth-order valence-electron chi connectivity index (χ4n) is 1.46. The Morgan fingerprint density at radius 2 is 1.77 bits per heavy atom. The van der Waals surface area contributed by atoms with Crippen molar-refractivity contribution in [3.05, 3.63) is 42.4 Å². The summed E-state index contributed by atoms with van der Waals surface area (Å²) in [6, 6.07) is 10.4. The summed E-state index contributed by atoms with van der Waals surface area (Å²) in [5.41, 5.74) is 1.27. The fraction of sp³-hybridized carbons (Fsp3) is 0.364. The molecule has 0 aromatic heterocycles. The zero-order valence-electron chi connectivity index (χ0n) is 7.65. The van der Waals surface area contributed by atoms with Gasteiger partial charge in [0.1, 0.15) is 0 Å². The first-order valence-corrected chi connectivity index (χ1v) is 4.67. The Morgan fingerprint density at radius 1 is 1.08 bits per heavy atom. The maximum atomic E-state index is 5.28. The predicted octanol–water partition coefficient (Wildman–Crippen LogP) is 1.53.